The molecule has 118 valence electrons. The molecule has 0 spiro atoms. The number of halogens is 1. The number of rotatable bonds is 3. The molecule has 0 atom stereocenters. The molecule has 0 unspecified atom stereocenters. The molecule has 0 bridgehead atoms. The quantitative estimate of drug-likeness (QED) is 0.880. The normalized spacial score (nSPS) is 16.3. The highest BCUT2D eigenvalue weighted by atomic mass is 35.5. The van der Waals surface area contributed by atoms with Gasteiger partial charge in [0.15, 0.2) is 0 Å². The molecule has 1 aliphatic heterocycles. The molecule has 1 fully saturated rings. The van der Waals surface area contributed by atoms with Crippen LogP contribution in [0.15, 0.2) is 16.5 Å². The Hall–Kier alpha value is -1.42. The molecule has 1 aromatic heterocycles. The molecular formula is C12H12ClN3O4S2. The van der Waals surface area contributed by atoms with Gasteiger partial charge >= 0.3 is 0 Å². The fraction of sp³-hybridized carbons (Fsp3) is 0.333. The number of benzene rings is 1. The van der Waals surface area contributed by atoms with Crippen LogP contribution in [0.25, 0.3) is 10.2 Å². The highest BCUT2D eigenvalue weighted by Crippen LogP contribution is 2.37. The number of amides is 1. The molecule has 0 saturated carbocycles. The maximum atomic E-state index is 12.6. The summed E-state index contributed by atoms with van der Waals surface area (Å²) in [5.74, 6) is -0.0733. The van der Waals surface area contributed by atoms with Crippen LogP contribution < -0.4 is 10.1 Å². The van der Waals surface area contributed by atoms with Crippen LogP contribution in [0.3, 0.4) is 0 Å². The van der Waals surface area contributed by atoms with E-state index in [1.807, 2.05) is 0 Å². The molecule has 22 heavy (non-hydrogen) atoms. The van der Waals surface area contributed by atoms with E-state index < -0.39 is 15.9 Å². The van der Waals surface area contributed by atoms with E-state index in [0.29, 0.717) is 22.5 Å². The van der Waals surface area contributed by atoms with Crippen LogP contribution in [0.2, 0.25) is 5.02 Å². The van der Waals surface area contributed by atoms with Gasteiger partial charge in [-0.15, -0.1) is 11.3 Å². The van der Waals surface area contributed by atoms with Gasteiger partial charge in [-0.05, 0) is 12.1 Å². The molecule has 3 rings (SSSR count). The molecule has 1 N–H and O–H groups in total. The minimum Gasteiger partial charge on any atom is -0.495 e. The number of aromatic nitrogens is 1. The smallest absolute Gasteiger partial charge is 0.293 e. The van der Waals surface area contributed by atoms with Crippen molar-refractivity contribution in [3.63, 3.8) is 0 Å². The van der Waals surface area contributed by atoms with Crippen LogP contribution in [0, 0.1) is 0 Å². The standard InChI is InChI=1S/C12H12ClN3O4S2/c1-20-7-2-3-8-11(10(7)13)15-12(21-8)22(18,19)16-5-4-14-6-9(16)17/h2-3,14H,4-6H2,1H3. The van der Waals surface area contributed by atoms with Crippen LogP contribution in [0.5, 0.6) is 5.75 Å². The van der Waals surface area contributed by atoms with Gasteiger partial charge in [0.25, 0.3) is 10.0 Å². The Kier molecular flexibility index (Phi) is 3.98. The van der Waals surface area contributed by atoms with Gasteiger partial charge < -0.3 is 10.1 Å². The lowest BCUT2D eigenvalue weighted by Gasteiger charge is -2.25. The number of nitrogens with one attached hydrogen (secondary N) is 1. The van der Waals surface area contributed by atoms with Gasteiger partial charge in [-0.25, -0.2) is 9.29 Å². The van der Waals surface area contributed by atoms with Crippen molar-refractivity contribution >= 4 is 49.1 Å². The predicted molar refractivity (Wildman–Crippen MR) is 83.0 cm³/mol. The SMILES string of the molecule is COc1ccc2sc(S(=O)(=O)N3CCNCC3=O)nc2c1Cl. The number of ether oxygens (including phenoxy) is 1. The maximum absolute atomic E-state index is 12.6. The van der Waals surface area contributed by atoms with Crippen molar-refractivity contribution in [2.24, 2.45) is 0 Å². The summed E-state index contributed by atoms with van der Waals surface area (Å²) in [4.78, 5) is 15.9. The molecule has 1 amide bonds. The lowest BCUT2D eigenvalue weighted by atomic mass is 10.3. The highest BCUT2D eigenvalue weighted by Gasteiger charge is 2.33. The van der Waals surface area contributed by atoms with E-state index in [2.05, 4.69) is 10.3 Å². The fourth-order valence-corrected chi connectivity index (χ4v) is 5.19. The van der Waals surface area contributed by atoms with Gasteiger partial charge in [-0.3, -0.25) is 4.79 Å². The van der Waals surface area contributed by atoms with Gasteiger partial charge in [-0.1, -0.05) is 11.6 Å². The Balaban J connectivity index is 2.09. The first-order valence-corrected chi connectivity index (χ1v) is 8.98. The third-order valence-electron chi connectivity index (χ3n) is 3.22. The highest BCUT2D eigenvalue weighted by molar-refractivity contribution is 7.91. The van der Waals surface area contributed by atoms with Gasteiger partial charge in [0.2, 0.25) is 10.2 Å². The number of nitrogens with zero attached hydrogens (tertiary/aromatic N) is 2. The van der Waals surface area contributed by atoms with Crippen molar-refractivity contribution in [3.05, 3.63) is 17.2 Å². The molecule has 1 aromatic carbocycles. The predicted octanol–water partition coefficient (Wildman–Crippen LogP) is 1.08. The number of sulfonamides is 1. The first kappa shape index (κ1) is 15.5. The summed E-state index contributed by atoms with van der Waals surface area (Å²) in [5, 5.41) is 3.08. The number of carbonyl (C=O) groups is 1. The zero-order valence-corrected chi connectivity index (χ0v) is 13.9. The largest absolute Gasteiger partial charge is 0.495 e. The van der Waals surface area contributed by atoms with E-state index in [1.54, 1.807) is 12.1 Å². The molecule has 0 radical (unpaired) electrons. The van der Waals surface area contributed by atoms with Crippen molar-refractivity contribution in [1.82, 2.24) is 14.6 Å². The molecule has 10 heteroatoms. The van der Waals surface area contributed by atoms with Crippen molar-refractivity contribution in [2.45, 2.75) is 4.34 Å². The summed E-state index contributed by atoms with van der Waals surface area (Å²) >= 11 is 7.13. The number of thiazole rings is 1. The first-order chi connectivity index (χ1) is 10.4. The van der Waals surface area contributed by atoms with Crippen molar-refractivity contribution in [2.75, 3.05) is 26.7 Å². The number of fused-ring (bicyclic) bond motifs is 1. The van der Waals surface area contributed by atoms with Crippen LogP contribution in [0.4, 0.5) is 0 Å². The van der Waals surface area contributed by atoms with Crippen LogP contribution in [-0.4, -0.2) is 50.4 Å². The summed E-state index contributed by atoms with van der Waals surface area (Å²) in [7, 11) is -2.49. The third kappa shape index (κ3) is 2.43. The van der Waals surface area contributed by atoms with Gasteiger partial charge in [0, 0.05) is 13.1 Å². The summed E-state index contributed by atoms with van der Waals surface area (Å²) in [5.41, 5.74) is 0.354. The Morgan fingerprint density at radius 3 is 2.91 bits per heavy atom. The van der Waals surface area contributed by atoms with Crippen LogP contribution in [0.1, 0.15) is 0 Å². The molecule has 2 heterocycles. The van der Waals surface area contributed by atoms with E-state index in [1.165, 1.54) is 7.11 Å². The molecule has 1 saturated heterocycles. The number of carbonyl (C=O) groups excluding carboxylic acids is 1. The Bertz CT molecular complexity index is 849. The second kappa shape index (κ2) is 5.65. The zero-order chi connectivity index (χ0) is 15.9. The minimum atomic E-state index is -3.96. The number of piperazine rings is 1. The third-order valence-corrected chi connectivity index (χ3v) is 6.78. The topological polar surface area (TPSA) is 88.6 Å². The van der Waals surface area contributed by atoms with Crippen LogP contribution >= 0.6 is 22.9 Å². The Labute approximate surface area is 135 Å². The van der Waals surface area contributed by atoms with Gasteiger partial charge in [-0.2, -0.15) is 8.42 Å². The van der Waals surface area contributed by atoms with E-state index in [9.17, 15) is 13.2 Å². The second-order valence-electron chi connectivity index (χ2n) is 4.56. The summed E-state index contributed by atoms with van der Waals surface area (Å²) in [6.45, 7) is 0.511. The molecule has 1 aliphatic rings. The van der Waals surface area contributed by atoms with Crippen LogP contribution in [-0.2, 0) is 14.8 Å². The molecule has 0 aliphatic carbocycles. The Morgan fingerprint density at radius 1 is 1.45 bits per heavy atom. The van der Waals surface area contributed by atoms with E-state index >= 15 is 0 Å². The summed E-state index contributed by atoms with van der Waals surface area (Å²) in [6, 6.07) is 3.34. The number of hydrogen-bond acceptors (Lipinski definition) is 7. The second-order valence-corrected chi connectivity index (χ2v) is 8.00. The lowest BCUT2D eigenvalue weighted by molar-refractivity contribution is -0.126. The Morgan fingerprint density at radius 2 is 2.23 bits per heavy atom. The zero-order valence-electron chi connectivity index (χ0n) is 11.5. The molecular weight excluding hydrogens is 350 g/mol. The van der Waals surface area contributed by atoms with E-state index in [4.69, 9.17) is 16.3 Å². The van der Waals surface area contributed by atoms with Crippen molar-refractivity contribution in [3.8, 4) is 5.75 Å². The monoisotopic (exact) mass is 361 g/mol. The summed E-state index contributed by atoms with van der Waals surface area (Å²) < 4.78 is 31.6. The fourth-order valence-electron chi connectivity index (χ4n) is 2.13. The van der Waals surface area contributed by atoms with E-state index in [0.717, 1.165) is 15.6 Å². The number of methoxy groups -OCH3 is 1. The average Bonchev–Trinajstić information content (AvgIpc) is 2.94. The molecule has 2 aromatic rings. The van der Waals surface area contributed by atoms with E-state index in [-0.39, 0.29) is 22.5 Å². The van der Waals surface area contributed by atoms with Gasteiger partial charge in [0.1, 0.15) is 16.3 Å². The van der Waals surface area contributed by atoms with Crippen molar-refractivity contribution < 1.29 is 17.9 Å². The number of hydrogen-bond donors (Lipinski definition) is 1. The lowest BCUT2D eigenvalue weighted by Crippen LogP contribution is -2.50. The maximum Gasteiger partial charge on any atom is 0.293 e. The molecule has 7 nitrogen and oxygen atoms in total. The summed E-state index contributed by atoms with van der Waals surface area (Å²) in [6.07, 6.45) is 0. The first-order valence-electron chi connectivity index (χ1n) is 6.34. The minimum absolute atomic E-state index is 0.00129. The van der Waals surface area contributed by atoms with Crippen molar-refractivity contribution in [1.29, 1.82) is 0 Å². The van der Waals surface area contributed by atoms with Gasteiger partial charge in [0.05, 0.1) is 18.4 Å². The average molecular weight is 362 g/mol.